The van der Waals surface area contributed by atoms with Gasteiger partial charge in [-0.2, -0.15) is 5.26 Å². The number of benzene rings is 2. The van der Waals surface area contributed by atoms with Gasteiger partial charge in [0, 0.05) is 18.7 Å². The van der Waals surface area contributed by atoms with Crippen molar-refractivity contribution in [3.05, 3.63) is 59.4 Å². The van der Waals surface area contributed by atoms with Crippen molar-refractivity contribution in [3.8, 4) is 6.07 Å². The van der Waals surface area contributed by atoms with Crippen LogP contribution in [0, 0.1) is 17.1 Å². The Balaban J connectivity index is 1.85. The first-order chi connectivity index (χ1) is 12.3. The summed E-state index contributed by atoms with van der Waals surface area (Å²) in [5.74, 6) is -0.856. The zero-order chi connectivity index (χ0) is 19.2. The maximum atomic E-state index is 13.1. The zero-order valence-electron chi connectivity index (χ0n) is 13.7. The van der Waals surface area contributed by atoms with Crippen molar-refractivity contribution < 1.29 is 17.6 Å². The number of amides is 1. The maximum absolute atomic E-state index is 13.1. The van der Waals surface area contributed by atoms with Crippen molar-refractivity contribution in [2.45, 2.75) is 11.3 Å². The van der Waals surface area contributed by atoms with Crippen molar-refractivity contribution in [1.82, 2.24) is 5.32 Å². The van der Waals surface area contributed by atoms with Crippen LogP contribution in [0.5, 0.6) is 0 Å². The van der Waals surface area contributed by atoms with E-state index < -0.39 is 15.8 Å². The van der Waals surface area contributed by atoms with Gasteiger partial charge in [-0.1, -0.05) is 6.07 Å². The summed E-state index contributed by atoms with van der Waals surface area (Å²) in [6.07, 6.45) is 0.545. The first-order valence-corrected chi connectivity index (χ1v) is 9.20. The summed E-state index contributed by atoms with van der Waals surface area (Å²) in [5.41, 5.74) is 0.861. The summed E-state index contributed by atoms with van der Waals surface area (Å²) in [4.78, 5) is 11.7. The number of anilines is 1. The SMILES string of the molecule is N#Cc1cc(S(N)(=O)=O)ccc1NCCCNC(=O)c1cccc(F)c1. The topological polar surface area (TPSA) is 125 Å². The predicted molar refractivity (Wildman–Crippen MR) is 94.4 cm³/mol. The number of hydrogen-bond donors (Lipinski definition) is 3. The number of carbonyl (C=O) groups excluding carboxylic acids is 1. The molecule has 0 fully saturated rings. The van der Waals surface area contributed by atoms with Crippen molar-refractivity contribution >= 4 is 21.6 Å². The Hall–Kier alpha value is -2.96. The van der Waals surface area contributed by atoms with E-state index in [0.29, 0.717) is 25.2 Å². The number of primary sulfonamides is 1. The highest BCUT2D eigenvalue weighted by molar-refractivity contribution is 7.89. The number of nitrogens with two attached hydrogens (primary N) is 1. The molecule has 0 saturated carbocycles. The van der Waals surface area contributed by atoms with Crippen molar-refractivity contribution in [2.75, 3.05) is 18.4 Å². The van der Waals surface area contributed by atoms with Crippen LogP contribution in [-0.4, -0.2) is 27.4 Å². The molecule has 0 atom stereocenters. The second-order valence-corrected chi connectivity index (χ2v) is 6.97. The van der Waals surface area contributed by atoms with Crippen LogP contribution in [0.3, 0.4) is 0 Å². The minimum absolute atomic E-state index is 0.137. The molecule has 0 aliphatic carbocycles. The smallest absolute Gasteiger partial charge is 0.251 e. The number of carbonyl (C=O) groups is 1. The average Bonchev–Trinajstić information content (AvgIpc) is 2.60. The van der Waals surface area contributed by atoms with E-state index in [4.69, 9.17) is 10.4 Å². The van der Waals surface area contributed by atoms with Gasteiger partial charge in [0.05, 0.1) is 16.1 Å². The molecule has 0 saturated heterocycles. The molecule has 9 heteroatoms. The predicted octanol–water partition coefficient (Wildman–Crippen LogP) is 1.58. The van der Waals surface area contributed by atoms with Crippen LogP contribution in [0.1, 0.15) is 22.3 Å². The second-order valence-electron chi connectivity index (χ2n) is 5.41. The lowest BCUT2D eigenvalue weighted by Crippen LogP contribution is -2.26. The third-order valence-electron chi connectivity index (χ3n) is 3.48. The lowest BCUT2D eigenvalue weighted by atomic mass is 10.2. The fourth-order valence-corrected chi connectivity index (χ4v) is 2.73. The van der Waals surface area contributed by atoms with E-state index in [-0.39, 0.29) is 21.9 Å². The first kappa shape index (κ1) is 19.4. The number of halogens is 1. The molecule has 7 nitrogen and oxygen atoms in total. The quantitative estimate of drug-likeness (QED) is 0.633. The van der Waals surface area contributed by atoms with Gasteiger partial charge in [0.25, 0.3) is 5.91 Å². The highest BCUT2D eigenvalue weighted by Crippen LogP contribution is 2.19. The fraction of sp³-hybridized carbons (Fsp3) is 0.176. The molecule has 0 bridgehead atoms. The average molecular weight is 376 g/mol. The molecule has 2 rings (SSSR count). The van der Waals surface area contributed by atoms with E-state index in [1.54, 1.807) is 0 Å². The number of sulfonamides is 1. The van der Waals surface area contributed by atoms with Gasteiger partial charge in [0.15, 0.2) is 0 Å². The summed E-state index contributed by atoms with van der Waals surface area (Å²) in [7, 11) is -3.87. The Morgan fingerprint density at radius 3 is 2.62 bits per heavy atom. The lowest BCUT2D eigenvalue weighted by Gasteiger charge is -2.10. The van der Waals surface area contributed by atoms with Gasteiger partial charge in [-0.3, -0.25) is 4.79 Å². The molecule has 0 aliphatic heterocycles. The van der Waals surface area contributed by atoms with Gasteiger partial charge in [-0.15, -0.1) is 0 Å². The van der Waals surface area contributed by atoms with Gasteiger partial charge in [0.2, 0.25) is 10.0 Å². The van der Waals surface area contributed by atoms with Crippen LogP contribution >= 0.6 is 0 Å². The van der Waals surface area contributed by atoms with Gasteiger partial charge >= 0.3 is 0 Å². The molecule has 2 aromatic rings. The largest absolute Gasteiger partial charge is 0.384 e. The number of rotatable bonds is 7. The summed E-state index contributed by atoms with van der Waals surface area (Å²) >= 11 is 0. The molecule has 4 N–H and O–H groups in total. The Morgan fingerprint density at radius 1 is 1.19 bits per heavy atom. The van der Waals surface area contributed by atoms with E-state index in [9.17, 15) is 17.6 Å². The summed E-state index contributed by atoms with van der Waals surface area (Å²) in [5, 5.41) is 19.8. The standard InChI is InChI=1S/C17H17FN4O3S/c18-14-4-1-3-12(9-14)17(23)22-8-2-7-21-16-6-5-15(26(20,24)25)10-13(16)11-19/h1,3-6,9-10,21H,2,7-8H2,(H,22,23)(H2,20,24,25). The molecular formula is C17H17FN4O3S. The minimum atomic E-state index is -3.87. The monoisotopic (exact) mass is 376 g/mol. The van der Waals surface area contributed by atoms with Crippen LogP contribution in [0.2, 0.25) is 0 Å². The first-order valence-electron chi connectivity index (χ1n) is 7.66. The molecule has 0 aromatic heterocycles. The maximum Gasteiger partial charge on any atom is 0.251 e. The number of nitrogens with zero attached hydrogens (tertiary/aromatic N) is 1. The molecule has 2 aromatic carbocycles. The Morgan fingerprint density at radius 2 is 1.96 bits per heavy atom. The van der Waals surface area contributed by atoms with Crippen LogP contribution in [0.15, 0.2) is 47.4 Å². The van der Waals surface area contributed by atoms with E-state index in [0.717, 1.165) is 6.07 Å². The highest BCUT2D eigenvalue weighted by atomic mass is 32.2. The fourth-order valence-electron chi connectivity index (χ4n) is 2.19. The summed E-state index contributed by atoms with van der Waals surface area (Å²) in [6, 6.07) is 11.3. The Labute approximate surface area is 150 Å². The molecular weight excluding hydrogens is 359 g/mol. The van der Waals surface area contributed by atoms with Crippen LogP contribution in [0.4, 0.5) is 10.1 Å². The molecule has 136 valence electrons. The van der Waals surface area contributed by atoms with E-state index in [1.165, 1.54) is 36.4 Å². The molecule has 26 heavy (non-hydrogen) atoms. The summed E-state index contributed by atoms with van der Waals surface area (Å²) < 4.78 is 35.7. The summed E-state index contributed by atoms with van der Waals surface area (Å²) in [6.45, 7) is 0.784. The number of nitriles is 1. The molecule has 0 spiro atoms. The number of nitrogens with one attached hydrogen (secondary N) is 2. The molecule has 0 aliphatic rings. The van der Waals surface area contributed by atoms with Crippen molar-refractivity contribution in [3.63, 3.8) is 0 Å². The van der Waals surface area contributed by atoms with Gasteiger partial charge in [0.1, 0.15) is 11.9 Å². The van der Waals surface area contributed by atoms with Crippen LogP contribution in [-0.2, 0) is 10.0 Å². The Kier molecular flexibility index (Phi) is 6.27. The molecule has 0 heterocycles. The van der Waals surface area contributed by atoms with Crippen LogP contribution in [0.25, 0.3) is 0 Å². The van der Waals surface area contributed by atoms with Crippen molar-refractivity contribution in [1.29, 1.82) is 5.26 Å². The second kappa shape index (κ2) is 8.42. The molecule has 0 radical (unpaired) electrons. The zero-order valence-corrected chi connectivity index (χ0v) is 14.5. The highest BCUT2D eigenvalue weighted by Gasteiger charge is 2.11. The van der Waals surface area contributed by atoms with Crippen LogP contribution < -0.4 is 15.8 Å². The molecule has 1 amide bonds. The van der Waals surface area contributed by atoms with E-state index in [1.807, 2.05) is 6.07 Å². The minimum Gasteiger partial charge on any atom is -0.384 e. The van der Waals surface area contributed by atoms with Gasteiger partial charge in [-0.25, -0.2) is 17.9 Å². The third kappa shape index (κ3) is 5.27. The van der Waals surface area contributed by atoms with Crippen molar-refractivity contribution in [2.24, 2.45) is 5.14 Å². The van der Waals surface area contributed by atoms with Gasteiger partial charge < -0.3 is 10.6 Å². The molecule has 0 unspecified atom stereocenters. The number of hydrogen-bond acceptors (Lipinski definition) is 5. The third-order valence-corrected chi connectivity index (χ3v) is 4.39. The van der Waals surface area contributed by atoms with E-state index >= 15 is 0 Å². The van der Waals surface area contributed by atoms with E-state index in [2.05, 4.69) is 10.6 Å². The Bertz CT molecular complexity index is 955. The van der Waals surface area contributed by atoms with Gasteiger partial charge in [-0.05, 0) is 42.8 Å². The lowest BCUT2D eigenvalue weighted by molar-refractivity contribution is 0.0953. The normalized spacial score (nSPS) is 10.8.